The van der Waals surface area contributed by atoms with Crippen molar-refractivity contribution >= 4 is 12.6 Å². The molecule has 0 amide bonds. The number of ether oxygens (including phenoxy) is 2. The molecule has 0 N–H and O–H groups in total. The van der Waals surface area contributed by atoms with Gasteiger partial charge in [0.2, 0.25) is 12.5 Å². The number of halogens is 1. The van der Waals surface area contributed by atoms with Gasteiger partial charge < -0.3 is 18.8 Å². The molecule has 82 valence electrons. The Labute approximate surface area is 91.7 Å². The maximum Gasteiger partial charge on any atom is 0.565 e. The van der Waals surface area contributed by atoms with Crippen molar-refractivity contribution in [2.75, 3.05) is 13.4 Å². The lowest BCUT2D eigenvalue weighted by Crippen LogP contribution is -2.39. The highest BCUT2D eigenvalue weighted by molar-refractivity contribution is 6.61. The Bertz CT molecular complexity index is 449. The molecule has 16 heavy (non-hydrogen) atoms. The Balaban J connectivity index is 1.98. The first kappa shape index (κ1) is 9.53. The molecule has 0 saturated carbocycles. The van der Waals surface area contributed by atoms with Crippen LogP contribution in [0.25, 0.3) is 0 Å². The van der Waals surface area contributed by atoms with Crippen LogP contribution in [0.4, 0.5) is 4.39 Å². The first-order chi connectivity index (χ1) is 7.86. The van der Waals surface area contributed by atoms with Gasteiger partial charge in [-0.1, -0.05) is 6.07 Å². The normalized spacial score (nSPS) is 17.4. The molecule has 0 aliphatic carbocycles. The van der Waals surface area contributed by atoms with Crippen LogP contribution in [-0.4, -0.2) is 20.5 Å². The van der Waals surface area contributed by atoms with Crippen LogP contribution in [0, 0.1) is 5.82 Å². The second-order valence-electron chi connectivity index (χ2n) is 3.38. The molecule has 0 atom stereocenters. The number of hydrogen-bond donors (Lipinski definition) is 0. The molecule has 3 rings (SSSR count). The van der Waals surface area contributed by atoms with Gasteiger partial charge in [-0.15, -0.1) is 0 Å². The monoisotopic (exact) mass is 222 g/mol. The van der Waals surface area contributed by atoms with E-state index in [4.69, 9.17) is 18.8 Å². The van der Waals surface area contributed by atoms with Crippen molar-refractivity contribution in [1.29, 1.82) is 0 Å². The van der Waals surface area contributed by atoms with Crippen LogP contribution in [0.5, 0.6) is 11.5 Å². The van der Waals surface area contributed by atoms with Crippen LogP contribution in [-0.2, 0) is 9.31 Å². The zero-order chi connectivity index (χ0) is 11.0. The smallest absolute Gasteiger partial charge is 0.538 e. The van der Waals surface area contributed by atoms with E-state index in [1.165, 1.54) is 6.26 Å². The van der Waals surface area contributed by atoms with Gasteiger partial charge in [-0.05, 0) is 12.1 Å². The Morgan fingerprint density at radius 3 is 3.00 bits per heavy atom. The van der Waals surface area contributed by atoms with Gasteiger partial charge in [0.1, 0.15) is 0 Å². The van der Waals surface area contributed by atoms with Crippen LogP contribution in [0.3, 0.4) is 0 Å². The Morgan fingerprint density at radius 2 is 2.19 bits per heavy atom. The quantitative estimate of drug-likeness (QED) is 0.659. The molecule has 2 aliphatic rings. The zero-order valence-corrected chi connectivity index (χ0v) is 8.31. The summed E-state index contributed by atoms with van der Waals surface area (Å²) in [7, 11) is -0.723. The molecule has 1 aromatic carbocycles. The first-order valence-electron chi connectivity index (χ1n) is 4.86. The maximum atomic E-state index is 14.0. The van der Waals surface area contributed by atoms with Gasteiger partial charge in [0.15, 0.2) is 11.6 Å². The Morgan fingerprint density at radius 1 is 1.25 bits per heavy atom. The third-order valence-corrected chi connectivity index (χ3v) is 2.40. The van der Waals surface area contributed by atoms with Crippen molar-refractivity contribution < 1.29 is 23.2 Å². The first-order valence-corrected chi connectivity index (χ1v) is 4.86. The summed E-state index contributed by atoms with van der Waals surface area (Å²) in [5.74, 6) is 0.0437. The van der Waals surface area contributed by atoms with Gasteiger partial charge in [0, 0.05) is 5.46 Å². The average Bonchev–Trinajstić information content (AvgIpc) is 2.80. The molecule has 0 aromatic heterocycles. The maximum absolute atomic E-state index is 14.0. The van der Waals surface area contributed by atoms with Crippen molar-refractivity contribution in [2.45, 2.75) is 0 Å². The van der Waals surface area contributed by atoms with Crippen molar-refractivity contribution in [1.82, 2.24) is 0 Å². The van der Waals surface area contributed by atoms with Gasteiger partial charge >= 0.3 is 7.12 Å². The predicted octanol–water partition coefficient (Wildman–Crippen LogP) is 0.810. The topological polar surface area (TPSA) is 36.9 Å². The lowest BCUT2D eigenvalue weighted by Gasteiger charge is -2.16. The summed E-state index contributed by atoms with van der Waals surface area (Å²) in [6.07, 6.45) is 3.21. The summed E-state index contributed by atoms with van der Waals surface area (Å²) in [4.78, 5) is 0. The molecule has 0 spiro atoms. The van der Waals surface area contributed by atoms with Crippen molar-refractivity contribution in [3.8, 4) is 11.5 Å². The Hall–Kier alpha value is -1.69. The highest BCUT2D eigenvalue weighted by atomic mass is 19.1. The van der Waals surface area contributed by atoms with Crippen molar-refractivity contribution in [2.24, 2.45) is 0 Å². The second-order valence-corrected chi connectivity index (χ2v) is 3.38. The van der Waals surface area contributed by atoms with Crippen LogP contribution in [0.15, 0.2) is 24.5 Å². The van der Waals surface area contributed by atoms with E-state index >= 15 is 0 Å². The van der Waals surface area contributed by atoms with Gasteiger partial charge in [0.05, 0.1) is 12.9 Å². The number of hydrogen-bond acceptors (Lipinski definition) is 4. The van der Waals surface area contributed by atoms with Crippen molar-refractivity contribution in [3.63, 3.8) is 0 Å². The number of fused-ring (bicyclic) bond motifs is 1. The highest BCUT2D eigenvalue weighted by Gasteiger charge is 2.32. The van der Waals surface area contributed by atoms with Gasteiger partial charge in [-0.25, -0.2) is 4.39 Å². The van der Waals surface area contributed by atoms with E-state index in [0.29, 0.717) is 17.8 Å². The van der Waals surface area contributed by atoms with E-state index < -0.39 is 12.9 Å². The summed E-state index contributed by atoms with van der Waals surface area (Å²) in [6, 6.07) is 3.22. The van der Waals surface area contributed by atoms with Gasteiger partial charge in [-0.3, -0.25) is 0 Å². The SMILES string of the molecule is Fc1c(B2OC=CCO2)ccc2c1OCO2. The third-order valence-electron chi connectivity index (χ3n) is 2.40. The molecule has 2 aliphatic heterocycles. The molecular formula is C10H8BFO4. The minimum atomic E-state index is -0.723. The molecule has 0 fully saturated rings. The molecule has 2 heterocycles. The molecular weight excluding hydrogens is 214 g/mol. The minimum absolute atomic E-state index is 0.0436. The largest absolute Gasteiger partial charge is 0.565 e. The van der Waals surface area contributed by atoms with Gasteiger partial charge in [-0.2, -0.15) is 0 Å². The molecule has 0 saturated heterocycles. The number of rotatable bonds is 1. The molecule has 0 bridgehead atoms. The molecule has 6 heteroatoms. The summed E-state index contributed by atoms with van der Waals surface area (Å²) in [6.45, 7) is 0.445. The van der Waals surface area contributed by atoms with E-state index in [1.54, 1.807) is 18.2 Å². The lowest BCUT2D eigenvalue weighted by molar-refractivity contribution is 0.171. The summed E-state index contributed by atoms with van der Waals surface area (Å²) < 4.78 is 34.5. The lowest BCUT2D eigenvalue weighted by atomic mass is 9.78. The fourth-order valence-electron chi connectivity index (χ4n) is 1.65. The molecule has 0 unspecified atom stereocenters. The van der Waals surface area contributed by atoms with E-state index in [9.17, 15) is 4.39 Å². The number of benzene rings is 1. The van der Waals surface area contributed by atoms with E-state index in [2.05, 4.69) is 0 Å². The zero-order valence-electron chi connectivity index (χ0n) is 8.31. The standard InChI is InChI=1S/C10H8BFO4/c12-9-7(11-15-4-1-5-16-11)2-3-8-10(9)14-6-13-8/h1-4H,5-6H2. The second kappa shape index (κ2) is 3.71. The van der Waals surface area contributed by atoms with Gasteiger partial charge in [0.25, 0.3) is 0 Å². The van der Waals surface area contributed by atoms with Crippen LogP contribution in [0.1, 0.15) is 0 Å². The summed E-state index contributed by atoms with van der Waals surface area (Å²) >= 11 is 0. The Kier molecular flexibility index (Phi) is 2.21. The minimum Gasteiger partial charge on any atom is -0.538 e. The third kappa shape index (κ3) is 1.42. The molecule has 0 radical (unpaired) electrons. The summed E-state index contributed by atoms with van der Waals surface area (Å²) in [5, 5.41) is 0. The average molecular weight is 222 g/mol. The highest BCUT2D eigenvalue weighted by Crippen LogP contribution is 2.33. The van der Waals surface area contributed by atoms with E-state index in [-0.39, 0.29) is 12.5 Å². The fourth-order valence-corrected chi connectivity index (χ4v) is 1.65. The van der Waals surface area contributed by atoms with E-state index in [0.717, 1.165) is 0 Å². The van der Waals surface area contributed by atoms with Crippen LogP contribution >= 0.6 is 0 Å². The van der Waals surface area contributed by atoms with E-state index in [1.807, 2.05) is 0 Å². The van der Waals surface area contributed by atoms with Crippen molar-refractivity contribution in [3.05, 3.63) is 30.3 Å². The van der Waals surface area contributed by atoms with Crippen LogP contribution in [0.2, 0.25) is 0 Å². The predicted molar refractivity (Wildman–Crippen MR) is 54.1 cm³/mol. The fraction of sp³-hybridized carbons (Fsp3) is 0.200. The molecule has 4 nitrogen and oxygen atoms in total. The van der Waals surface area contributed by atoms with Crippen LogP contribution < -0.4 is 14.9 Å². The summed E-state index contributed by atoms with van der Waals surface area (Å²) in [5.41, 5.74) is 0.314. The molecule has 1 aromatic rings.